The van der Waals surface area contributed by atoms with Crippen molar-refractivity contribution in [1.29, 1.82) is 0 Å². The van der Waals surface area contributed by atoms with Gasteiger partial charge in [-0.3, -0.25) is 4.79 Å². The van der Waals surface area contributed by atoms with Crippen molar-refractivity contribution in [3.05, 3.63) is 35.4 Å². The normalized spacial score (nSPS) is 13.7. The van der Waals surface area contributed by atoms with Gasteiger partial charge in [0, 0.05) is 0 Å². The zero-order valence-electron chi connectivity index (χ0n) is 11.0. The Morgan fingerprint density at radius 2 is 1.73 bits per heavy atom. The summed E-state index contributed by atoms with van der Waals surface area (Å²) in [4.78, 5) is 11.4. The lowest BCUT2D eigenvalue weighted by atomic mass is 10.0. The van der Waals surface area contributed by atoms with Crippen LogP contribution in [-0.2, 0) is 14.8 Å². The average molecular weight is 346 g/mol. The van der Waals surface area contributed by atoms with Crippen molar-refractivity contribution in [2.24, 2.45) is 0 Å². The van der Waals surface area contributed by atoms with Crippen LogP contribution in [0.15, 0.2) is 18.2 Å². The fourth-order valence-electron chi connectivity index (χ4n) is 1.55. The van der Waals surface area contributed by atoms with E-state index in [1.165, 1.54) is 5.32 Å². The second-order valence-electron chi connectivity index (χ2n) is 4.14. The first-order valence-corrected chi connectivity index (χ1v) is 7.34. The second-order valence-corrected chi connectivity index (χ2v) is 6.07. The minimum atomic E-state index is -5.22. The minimum Gasteiger partial charge on any atom is -0.340 e. The molecular weight excluding hydrogens is 335 g/mol. The monoisotopic (exact) mass is 346 g/mol. The highest BCUT2D eigenvalue weighted by Crippen LogP contribution is 2.35. The molecule has 0 bridgehead atoms. The topological polar surface area (TPSA) is 75.3 Å². The molecule has 1 amide bonds. The molecule has 1 atom stereocenters. The molecule has 0 fully saturated rings. The summed E-state index contributed by atoms with van der Waals surface area (Å²) in [6.45, 7) is 0. The van der Waals surface area contributed by atoms with Crippen LogP contribution in [0.3, 0.4) is 0 Å². The number of hydrogen-bond acceptors (Lipinski definition) is 3. The highest BCUT2D eigenvalue weighted by molar-refractivity contribution is 7.90. The van der Waals surface area contributed by atoms with E-state index in [9.17, 15) is 35.2 Å². The molecule has 0 saturated carbocycles. The summed E-state index contributed by atoms with van der Waals surface area (Å²) in [5, 5.41) is 1.28. The predicted molar refractivity (Wildman–Crippen MR) is 66.1 cm³/mol. The van der Waals surface area contributed by atoms with Crippen LogP contribution in [-0.4, -0.2) is 33.3 Å². The molecule has 1 aromatic carbocycles. The maximum Gasteiger partial charge on any atom is 0.413 e. The van der Waals surface area contributed by atoms with Crippen LogP contribution in [0.1, 0.15) is 11.6 Å². The third-order valence-electron chi connectivity index (χ3n) is 2.55. The number of carbonyl (C=O) groups excluding carboxylic acids is 1. The van der Waals surface area contributed by atoms with Gasteiger partial charge in [0.05, 0.1) is 5.56 Å². The molecule has 0 aliphatic rings. The smallest absolute Gasteiger partial charge is 0.340 e. The van der Waals surface area contributed by atoms with Gasteiger partial charge in [0.2, 0.25) is 15.9 Å². The summed E-state index contributed by atoms with van der Waals surface area (Å²) in [6, 6.07) is -0.968. The van der Waals surface area contributed by atoms with Gasteiger partial charge in [-0.25, -0.2) is 21.9 Å². The first-order chi connectivity index (χ1) is 9.98. The van der Waals surface area contributed by atoms with Gasteiger partial charge in [0.15, 0.2) is 6.04 Å². The average Bonchev–Trinajstić information content (AvgIpc) is 2.35. The van der Waals surface area contributed by atoms with Crippen molar-refractivity contribution in [3.63, 3.8) is 0 Å². The molecule has 124 valence electrons. The quantitative estimate of drug-likeness (QED) is 0.788. The van der Waals surface area contributed by atoms with Gasteiger partial charge in [-0.15, -0.1) is 0 Å². The minimum absolute atomic E-state index is 0.591. The zero-order chi connectivity index (χ0) is 17.1. The molecule has 0 heterocycles. The Hall–Kier alpha value is -1.75. The third-order valence-corrected chi connectivity index (χ3v) is 3.82. The van der Waals surface area contributed by atoms with Gasteiger partial charge in [-0.05, 0) is 19.2 Å². The lowest BCUT2D eigenvalue weighted by Crippen LogP contribution is -2.43. The van der Waals surface area contributed by atoms with Crippen LogP contribution in [0.25, 0.3) is 0 Å². The number of hydrogen-bond donors (Lipinski definition) is 2. The number of nitrogens with one attached hydrogen (secondary N) is 2. The molecule has 0 aliphatic carbocycles. The van der Waals surface area contributed by atoms with E-state index in [2.05, 4.69) is 0 Å². The Balaban J connectivity index is 3.14. The molecule has 0 aliphatic heterocycles. The lowest BCUT2D eigenvalue weighted by Gasteiger charge is -2.22. The number of benzene rings is 1. The molecule has 0 radical (unpaired) electrons. The first-order valence-electron chi connectivity index (χ1n) is 5.69. The van der Waals surface area contributed by atoms with Crippen molar-refractivity contribution >= 4 is 15.9 Å². The number of halogens is 5. The van der Waals surface area contributed by atoms with Crippen molar-refractivity contribution < 1.29 is 35.2 Å². The molecule has 0 unspecified atom stereocenters. The Labute approximate surface area is 122 Å². The van der Waals surface area contributed by atoms with E-state index >= 15 is 0 Å². The highest BCUT2D eigenvalue weighted by atomic mass is 32.2. The summed E-state index contributed by atoms with van der Waals surface area (Å²) in [5.41, 5.74) is -1.41. The summed E-state index contributed by atoms with van der Waals surface area (Å²) in [7, 11) is -3.17. The highest BCUT2D eigenvalue weighted by Gasteiger charge is 2.45. The molecule has 0 aromatic heterocycles. The van der Waals surface area contributed by atoms with E-state index < -0.39 is 51.1 Å². The van der Waals surface area contributed by atoms with Gasteiger partial charge in [0.1, 0.15) is 17.4 Å². The number of rotatable bonds is 5. The van der Waals surface area contributed by atoms with E-state index in [0.29, 0.717) is 12.1 Å². The largest absolute Gasteiger partial charge is 0.413 e. The van der Waals surface area contributed by atoms with Crippen LogP contribution >= 0.6 is 0 Å². The van der Waals surface area contributed by atoms with Crippen molar-refractivity contribution in [2.45, 2.75) is 12.2 Å². The molecule has 5 nitrogen and oxygen atoms in total. The SMILES string of the molecule is CNS(=O)(=O)CC(=O)N[C@H](c1c(F)cccc1F)C(F)(F)F. The van der Waals surface area contributed by atoms with Crippen molar-refractivity contribution in [3.8, 4) is 0 Å². The third kappa shape index (κ3) is 4.63. The van der Waals surface area contributed by atoms with E-state index in [0.717, 1.165) is 13.1 Å². The predicted octanol–water partition coefficient (Wildman–Crippen LogP) is 1.23. The molecule has 22 heavy (non-hydrogen) atoms. The molecule has 1 aromatic rings. The Bertz CT molecular complexity index is 640. The zero-order valence-corrected chi connectivity index (χ0v) is 11.9. The number of carbonyl (C=O) groups is 1. The molecular formula is C11H11F5N2O3S. The van der Waals surface area contributed by atoms with E-state index in [1.807, 2.05) is 0 Å². The van der Waals surface area contributed by atoms with Gasteiger partial charge in [-0.1, -0.05) is 6.07 Å². The maximum absolute atomic E-state index is 13.5. The Morgan fingerprint density at radius 1 is 1.23 bits per heavy atom. The summed E-state index contributed by atoms with van der Waals surface area (Å²) < 4.78 is 89.7. The van der Waals surface area contributed by atoms with Crippen LogP contribution < -0.4 is 10.0 Å². The molecule has 0 saturated heterocycles. The standard InChI is InChI=1S/C11H11F5N2O3S/c1-17-22(20,21)5-8(19)18-10(11(14,15)16)9-6(12)3-2-4-7(9)13/h2-4,10,17H,5H2,1H3,(H,18,19)/t10-/m1/s1. The lowest BCUT2D eigenvalue weighted by molar-refractivity contribution is -0.163. The van der Waals surface area contributed by atoms with Crippen LogP contribution in [0, 0.1) is 11.6 Å². The first kappa shape index (κ1) is 18.3. The molecule has 11 heteroatoms. The summed E-state index contributed by atoms with van der Waals surface area (Å²) >= 11 is 0. The molecule has 1 rings (SSSR count). The number of sulfonamides is 1. The van der Waals surface area contributed by atoms with E-state index in [4.69, 9.17) is 0 Å². The van der Waals surface area contributed by atoms with E-state index in [-0.39, 0.29) is 0 Å². The van der Waals surface area contributed by atoms with Crippen LogP contribution in [0.2, 0.25) is 0 Å². The van der Waals surface area contributed by atoms with Gasteiger partial charge in [-0.2, -0.15) is 13.2 Å². The van der Waals surface area contributed by atoms with Crippen molar-refractivity contribution in [2.75, 3.05) is 12.8 Å². The second kappa shape index (κ2) is 6.57. The van der Waals surface area contributed by atoms with E-state index in [1.54, 1.807) is 4.72 Å². The summed E-state index contributed by atoms with van der Waals surface area (Å²) in [5.74, 6) is -5.90. The van der Waals surface area contributed by atoms with Crippen molar-refractivity contribution in [1.82, 2.24) is 10.0 Å². The van der Waals surface area contributed by atoms with Gasteiger partial charge < -0.3 is 5.32 Å². The fourth-order valence-corrected chi connectivity index (χ4v) is 2.12. The molecule has 2 N–H and O–H groups in total. The van der Waals surface area contributed by atoms with Gasteiger partial charge in [0.25, 0.3) is 0 Å². The maximum atomic E-state index is 13.5. The van der Waals surface area contributed by atoms with Crippen LogP contribution in [0.4, 0.5) is 22.0 Å². The number of alkyl halides is 3. The Morgan fingerprint density at radius 3 is 2.14 bits per heavy atom. The van der Waals surface area contributed by atoms with Crippen LogP contribution in [0.5, 0.6) is 0 Å². The number of amides is 1. The fraction of sp³-hybridized carbons (Fsp3) is 0.364. The molecule has 0 spiro atoms. The Kier molecular flexibility index (Phi) is 5.46. The summed E-state index contributed by atoms with van der Waals surface area (Å²) in [6.07, 6.45) is -5.22. The van der Waals surface area contributed by atoms with Gasteiger partial charge >= 0.3 is 6.18 Å².